The molecule has 3 rings (SSSR count). The normalized spacial score (nSPS) is 12.8. The van der Waals surface area contributed by atoms with Crippen molar-refractivity contribution in [3.8, 4) is 0 Å². The van der Waals surface area contributed by atoms with E-state index in [4.69, 9.17) is 5.11 Å². The van der Waals surface area contributed by atoms with Crippen molar-refractivity contribution in [3.63, 3.8) is 0 Å². The smallest absolute Gasteiger partial charge is 1.00 e. The Morgan fingerprint density at radius 3 is 2.00 bits per heavy atom. The van der Waals surface area contributed by atoms with Gasteiger partial charge < -0.3 is 35.8 Å². The van der Waals surface area contributed by atoms with E-state index >= 15 is 0 Å². The van der Waals surface area contributed by atoms with Gasteiger partial charge >= 0.3 is 21.7 Å². The van der Waals surface area contributed by atoms with Gasteiger partial charge in [-0.05, 0) is 11.1 Å². The fraction of sp³-hybridized carbons (Fsp3) is 0.250. The minimum Gasteiger partial charge on any atom is -1.00 e. The number of rotatable bonds is 1. The number of aliphatic hydroxyl groups excluding tert-OH is 1. The van der Waals surface area contributed by atoms with Crippen LogP contribution in [-0.4, -0.2) is 12.2 Å². The van der Waals surface area contributed by atoms with Gasteiger partial charge in [0.2, 0.25) is 0 Å². The summed E-state index contributed by atoms with van der Waals surface area (Å²) in [4.78, 5) is 0. The molecule has 2 aromatic rings. The predicted octanol–water partition coefficient (Wildman–Crippen LogP) is -1.12. The third kappa shape index (κ3) is 9.06. The van der Waals surface area contributed by atoms with E-state index in [9.17, 15) is 0 Å². The maximum absolute atomic E-state index is 7.00. The van der Waals surface area contributed by atoms with E-state index in [0.29, 0.717) is 5.92 Å². The van der Waals surface area contributed by atoms with Gasteiger partial charge in [-0.3, -0.25) is 0 Å². The second kappa shape index (κ2) is 15.9. The van der Waals surface area contributed by atoms with Gasteiger partial charge in [0.05, 0.1) is 0 Å². The van der Waals surface area contributed by atoms with Crippen LogP contribution in [0.15, 0.2) is 54.6 Å². The van der Waals surface area contributed by atoms with Crippen molar-refractivity contribution >= 4 is 6.08 Å². The van der Waals surface area contributed by atoms with Crippen molar-refractivity contribution in [3.05, 3.63) is 83.3 Å². The molecule has 0 amide bonds. The fourth-order valence-electron chi connectivity index (χ4n) is 2.12. The Hall–Kier alpha value is -0.566. The van der Waals surface area contributed by atoms with Crippen LogP contribution in [0.4, 0.5) is 0 Å². The van der Waals surface area contributed by atoms with Crippen LogP contribution in [0.2, 0.25) is 0 Å². The molecule has 1 unspecified atom stereocenters. The largest absolute Gasteiger partial charge is 4.00 e. The van der Waals surface area contributed by atoms with E-state index in [2.05, 4.69) is 75.4 Å². The van der Waals surface area contributed by atoms with Gasteiger partial charge in [0.15, 0.2) is 0 Å². The van der Waals surface area contributed by atoms with Gasteiger partial charge in [-0.25, -0.2) is 0 Å². The predicted molar refractivity (Wildman–Crippen MR) is 91.0 cm³/mol. The molecule has 1 aliphatic rings. The number of halogens is 2. The summed E-state index contributed by atoms with van der Waals surface area (Å²) in [6.07, 6.45) is 4.44. The minimum atomic E-state index is 0. The van der Waals surface area contributed by atoms with Crippen LogP contribution in [0.25, 0.3) is 6.08 Å². The molecular weight excluding hydrogens is 375 g/mol. The zero-order chi connectivity index (χ0) is 15.7. The maximum atomic E-state index is 7.00. The quantitative estimate of drug-likeness (QED) is 0.476. The number of allylic oxidation sites excluding steroid dienone is 1. The Bertz CT molecular complexity index is 554. The van der Waals surface area contributed by atoms with Gasteiger partial charge in [-0.15, -0.1) is 0 Å². The van der Waals surface area contributed by atoms with Gasteiger partial charge in [-0.1, -0.05) is 36.4 Å². The minimum absolute atomic E-state index is 0. The molecule has 2 aromatic carbocycles. The molecular formula is C20H24Cl2OTi. The summed E-state index contributed by atoms with van der Waals surface area (Å²) in [6, 6.07) is 20.0. The summed E-state index contributed by atoms with van der Waals surface area (Å²) in [6.45, 7) is 6.25. The number of hydrogen-bond acceptors (Lipinski definition) is 1. The van der Waals surface area contributed by atoms with E-state index in [1.807, 2.05) is 12.1 Å². The van der Waals surface area contributed by atoms with Crippen LogP contribution in [0, 0.1) is 12.0 Å². The second-order valence-electron chi connectivity index (χ2n) is 5.28. The first-order valence-electron chi connectivity index (χ1n) is 7.13. The summed E-state index contributed by atoms with van der Waals surface area (Å²) in [7, 11) is 1.00. The zero-order valence-electron chi connectivity index (χ0n) is 14.6. The maximum Gasteiger partial charge on any atom is 4.00 e. The molecule has 0 saturated heterocycles. The standard InChI is InChI=1S/C15H11.C4H9.CH4O.2ClH.Ti/c1-2-6-12(7-3-1)15-11-10-13-8-4-5-9-14(13)15;1-4(2)3;1-2;;;/h1-6,8-11,15H;1-3H3;2H,1H3;2*1H;/q2*-1;;;;+4/p-2. The fourth-order valence-corrected chi connectivity index (χ4v) is 2.12. The molecule has 0 aliphatic heterocycles. The van der Waals surface area contributed by atoms with Gasteiger partial charge in [0.25, 0.3) is 0 Å². The average Bonchev–Trinajstić information content (AvgIpc) is 2.94. The van der Waals surface area contributed by atoms with Crippen molar-refractivity contribution in [2.75, 3.05) is 7.11 Å². The summed E-state index contributed by atoms with van der Waals surface area (Å²) >= 11 is 0. The molecule has 1 aliphatic carbocycles. The van der Waals surface area contributed by atoms with Gasteiger partial charge in [0, 0.05) is 13.0 Å². The summed E-state index contributed by atoms with van der Waals surface area (Å²) < 4.78 is 0. The molecule has 0 saturated carbocycles. The summed E-state index contributed by atoms with van der Waals surface area (Å²) in [5.74, 6) is 1.81. The van der Waals surface area contributed by atoms with Gasteiger partial charge in [-0.2, -0.15) is 56.7 Å². The monoisotopic (exact) mass is 398 g/mol. The molecule has 0 aromatic heterocycles. The van der Waals surface area contributed by atoms with E-state index < -0.39 is 0 Å². The van der Waals surface area contributed by atoms with E-state index in [-0.39, 0.29) is 46.5 Å². The second-order valence-corrected chi connectivity index (χ2v) is 5.28. The van der Waals surface area contributed by atoms with Crippen molar-refractivity contribution in [2.45, 2.75) is 26.7 Å². The molecule has 0 spiro atoms. The third-order valence-corrected chi connectivity index (χ3v) is 2.87. The first-order valence-corrected chi connectivity index (χ1v) is 7.13. The van der Waals surface area contributed by atoms with E-state index in [0.717, 1.165) is 7.11 Å². The molecule has 1 N–H and O–H groups in total. The Kier molecular flexibility index (Phi) is 18.8. The molecule has 1 atom stereocenters. The molecule has 128 valence electrons. The molecule has 24 heavy (non-hydrogen) atoms. The topological polar surface area (TPSA) is 20.2 Å². The van der Waals surface area contributed by atoms with Crippen molar-refractivity contribution in [1.29, 1.82) is 0 Å². The SMILES string of the molecule is CO.C[C-](C)C.[Cl-].[Cl-].[Ti+4].[c-]1ccccc1C1C=Cc2ccccc21. The Morgan fingerprint density at radius 2 is 1.46 bits per heavy atom. The van der Waals surface area contributed by atoms with Crippen molar-refractivity contribution in [1.82, 2.24) is 0 Å². The average molecular weight is 399 g/mol. The number of aliphatic hydroxyl groups is 1. The first-order chi connectivity index (χ1) is 10.2. The van der Waals surface area contributed by atoms with E-state index in [1.54, 1.807) is 0 Å². The molecule has 0 fully saturated rings. The van der Waals surface area contributed by atoms with Crippen LogP contribution >= 0.6 is 0 Å². The van der Waals surface area contributed by atoms with Crippen molar-refractivity contribution in [2.24, 2.45) is 0 Å². The molecule has 1 nitrogen and oxygen atoms in total. The zero-order valence-corrected chi connectivity index (χ0v) is 17.6. The molecule has 0 heterocycles. The van der Waals surface area contributed by atoms with Crippen LogP contribution in [-0.2, 0) is 21.7 Å². The van der Waals surface area contributed by atoms with Crippen LogP contribution < -0.4 is 24.8 Å². The molecule has 0 bridgehead atoms. The Balaban J connectivity index is -0.000000438. The van der Waals surface area contributed by atoms with E-state index in [1.165, 1.54) is 22.6 Å². The van der Waals surface area contributed by atoms with Gasteiger partial charge in [0.1, 0.15) is 0 Å². The third-order valence-electron chi connectivity index (χ3n) is 2.87. The van der Waals surface area contributed by atoms with Crippen LogP contribution in [0.5, 0.6) is 0 Å². The first kappa shape index (κ1) is 28.2. The van der Waals surface area contributed by atoms with Crippen LogP contribution in [0.1, 0.15) is 43.4 Å². The number of hydrogen-bond donors (Lipinski definition) is 1. The van der Waals surface area contributed by atoms with Crippen molar-refractivity contribution < 1.29 is 51.6 Å². The molecule has 0 radical (unpaired) electrons. The summed E-state index contributed by atoms with van der Waals surface area (Å²) in [5.41, 5.74) is 3.97. The number of fused-ring (bicyclic) bond motifs is 1. The summed E-state index contributed by atoms with van der Waals surface area (Å²) in [5, 5.41) is 7.00. The molecule has 4 heteroatoms. The number of benzene rings is 2. The Morgan fingerprint density at radius 1 is 0.917 bits per heavy atom. The van der Waals surface area contributed by atoms with Crippen LogP contribution in [0.3, 0.4) is 0 Å². The Labute approximate surface area is 174 Å².